The van der Waals surface area contributed by atoms with Gasteiger partial charge in [-0.3, -0.25) is 0 Å². The molecular weight excluding hydrogens is 177 g/mol. The number of nitrogens with two attached hydrogens (primary N) is 1. The zero-order valence-corrected chi connectivity index (χ0v) is 7.82. The number of benzene rings is 1. The summed E-state index contributed by atoms with van der Waals surface area (Å²) in [6, 6.07) is 2.84. The van der Waals surface area contributed by atoms with E-state index < -0.39 is 5.82 Å². The van der Waals surface area contributed by atoms with E-state index in [0.29, 0.717) is 5.02 Å². The Morgan fingerprint density at radius 2 is 2.00 bits per heavy atom. The Hall–Kier alpha value is -0.760. The third-order valence-corrected chi connectivity index (χ3v) is 2.07. The van der Waals surface area contributed by atoms with Crippen LogP contribution in [0.1, 0.15) is 25.3 Å². The molecule has 1 rings (SSSR count). The molecule has 2 N–H and O–H groups in total. The maximum atomic E-state index is 12.8. The molecule has 1 aromatic carbocycles. The standard InChI is InChI=1S/C9H11ClFN/c1-5(2)6-3-9(12)8(11)4-7(6)10/h3-5H,12H2,1-2H3. The molecule has 0 aliphatic carbocycles. The quantitative estimate of drug-likeness (QED) is 0.672. The number of hydrogen-bond donors (Lipinski definition) is 1. The molecule has 0 amide bonds. The predicted molar refractivity (Wildman–Crippen MR) is 49.9 cm³/mol. The first-order valence-electron chi connectivity index (χ1n) is 3.76. The smallest absolute Gasteiger partial charge is 0.147 e. The fourth-order valence-electron chi connectivity index (χ4n) is 1.03. The van der Waals surface area contributed by atoms with Gasteiger partial charge in [0.2, 0.25) is 0 Å². The summed E-state index contributed by atoms with van der Waals surface area (Å²) in [5, 5.41) is 0.441. The second-order valence-corrected chi connectivity index (χ2v) is 3.46. The highest BCUT2D eigenvalue weighted by Gasteiger charge is 2.08. The van der Waals surface area contributed by atoms with Crippen molar-refractivity contribution < 1.29 is 4.39 Å². The fraction of sp³-hybridized carbons (Fsp3) is 0.333. The van der Waals surface area contributed by atoms with Gasteiger partial charge in [-0.1, -0.05) is 25.4 Å². The maximum absolute atomic E-state index is 12.8. The van der Waals surface area contributed by atoms with Crippen LogP contribution in [0.3, 0.4) is 0 Å². The minimum Gasteiger partial charge on any atom is -0.396 e. The molecule has 0 saturated heterocycles. The summed E-state index contributed by atoms with van der Waals surface area (Å²) in [4.78, 5) is 0. The van der Waals surface area contributed by atoms with Crippen molar-refractivity contribution in [1.29, 1.82) is 0 Å². The second kappa shape index (κ2) is 3.31. The molecule has 1 nitrogen and oxygen atoms in total. The van der Waals surface area contributed by atoms with Gasteiger partial charge in [0.15, 0.2) is 0 Å². The first-order chi connectivity index (χ1) is 5.52. The molecule has 3 heteroatoms. The molecule has 12 heavy (non-hydrogen) atoms. The summed E-state index contributed by atoms with van der Waals surface area (Å²) in [5.41, 5.74) is 6.43. The number of anilines is 1. The summed E-state index contributed by atoms with van der Waals surface area (Å²) >= 11 is 5.80. The van der Waals surface area contributed by atoms with Gasteiger partial charge in [0.1, 0.15) is 5.82 Å². The molecule has 0 heterocycles. The Labute approximate surface area is 76.3 Å². The highest BCUT2D eigenvalue weighted by Crippen LogP contribution is 2.27. The van der Waals surface area contributed by atoms with Gasteiger partial charge in [-0.2, -0.15) is 0 Å². The van der Waals surface area contributed by atoms with Crippen molar-refractivity contribution in [2.45, 2.75) is 19.8 Å². The summed E-state index contributed by atoms with van der Waals surface area (Å²) < 4.78 is 12.8. The Balaban J connectivity index is 3.23. The van der Waals surface area contributed by atoms with Crippen molar-refractivity contribution in [3.8, 4) is 0 Å². The van der Waals surface area contributed by atoms with E-state index in [1.54, 1.807) is 6.07 Å². The molecule has 0 aliphatic heterocycles. The molecule has 0 aliphatic rings. The van der Waals surface area contributed by atoms with E-state index in [1.807, 2.05) is 13.8 Å². The Morgan fingerprint density at radius 1 is 1.42 bits per heavy atom. The van der Waals surface area contributed by atoms with Crippen molar-refractivity contribution in [2.75, 3.05) is 5.73 Å². The summed E-state index contributed by atoms with van der Waals surface area (Å²) in [5.74, 6) is -0.190. The van der Waals surface area contributed by atoms with Crippen molar-refractivity contribution in [3.63, 3.8) is 0 Å². The molecule has 0 bridgehead atoms. The maximum Gasteiger partial charge on any atom is 0.147 e. The van der Waals surface area contributed by atoms with E-state index in [1.165, 1.54) is 6.07 Å². The highest BCUT2D eigenvalue weighted by molar-refractivity contribution is 6.31. The van der Waals surface area contributed by atoms with E-state index in [0.717, 1.165) is 5.56 Å². The van der Waals surface area contributed by atoms with E-state index in [2.05, 4.69) is 0 Å². The molecule has 66 valence electrons. The molecule has 1 aromatic rings. The number of hydrogen-bond acceptors (Lipinski definition) is 1. The monoisotopic (exact) mass is 187 g/mol. The lowest BCUT2D eigenvalue weighted by atomic mass is 10.0. The topological polar surface area (TPSA) is 26.0 Å². The molecule has 0 atom stereocenters. The van der Waals surface area contributed by atoms with Crippen LogP contribution in [0, 0.1) is 5.82 Å². The van der Waals surface area contributed by atoms with Gasteiger partial charge < -0.3 is 5.73 Å². The number of nitrogen functional groups attached to an aromatic ring is 1. The molecule has 0 unspecified atom stereocenters. The number of halogens is 2. The van der Waals surface area contributed by atoms with Gasteiger partial charge in [0.25, 0.3) is 0 Å². The van der Waals surface area contributed by atoms with Gasteiger partial charge in [-0.25, -0.2) is 4.39 Å². The normalized spacial score (nSPS) is 10.8. The van der Waals surface area contributed by atoms with Gasteiger partial charge >= 0.3 is 0 Å². The second-order valence-electron chi connectivity index (χ2n) is 3.05. The lowest BCUT2D eigenvalue weighted by Gasteiger charge is -2.09. The van der Waals surface area contributed by atoms with Crippen LogP contribution in [-0.4, -0.2) is 0 Å². The lowest BCUT2D eigenvalue weighted by Crippen LogP contribution is -1.96. The predicted octanol–water partition coefficient (Wildman–Crippen LogP) is 3.18. The van der Waals surface area contributed by atoms with Crippen LogP contribution in [0.4, 0.5) is 10.1 Å². The highest BCUT2D eigenvalue weighted by atomic mass is 35.5. The van der Waals surface area contributed by atoms with Crippen LogP contribution in [0.15, 0.2) is 12.1 Å². The average molecular weight is 188 g/mol. The Morgan fingerprint density at radius 3 is 2.50 bits per heavy atom. The van der Waals surface area contributed by atoms with E-state index in [4.69, 9.17) is 17.3 Å². The molecule has 0 fully saturated rings. The first kappa shape index (κ1) is 9.33. The molecular formula is C9H11ClFN. The third kappa shape index (κ3) is 1.69. The van der Waals surface area contributed by atoms with Crippen molar-refractivity contribution >= 4 is 17.3 Å². The van der Waals surface area contributed by atoms with Gasteiger partial charge in [-0.05, 0) is 23.6 Å². The van der Waals surface area contributed by atoms with E-state index in [9.17, 15) is 4.39 Å². The largest absolute Gasteiger partial charge is 0.396 e. The SMILES string of the molecule is CC(C)c1cc(N)c(F)cc1Cl. The van der Waals surface area contributed by atoms with Crippen LogP contribution in [-0.2, 0) is 0 Å². The molecule has 0 saturated carbocycles. The van der Waals surface area contributed by atoms with Crippen LogP contribution >= 0.6 is 11.6 Å². The van der Waals surface area contributed by atoms with Crippen LogP contribution < -0.4 is 5.73 Å². The molecule has 0 aromatic heterocycles. The zero-order chi connectivity index (χ0) is 9.30. The minimum atomic E-state index is -0.454. The minimum absolute atomic E-state index is 0.156. The summed E-state index contributed by atoms with van der Waals surface area (Å²) in [6.45, 7) is 3.97. The summed E-state index contributed by atoms with van der Waals surface area (Å²) in [6.07, 6.45) is 0. The van der Waals surface area contributed by atoms with Crippen LogP contribution in [0.2, 0.25) is 5.02 Å². The zero-order valence-electron chi connectivity index (χ0n) is 7.07. The summed E-state index contributed by atoms with van der Waals surface area (Å²) in [7, 11) is 0. The lowest BCUT2D eigenvalue weighted by molar-refractivity contribution is 0.631. The third-order valence-electron chi connectivity index (χ3n) is 1.74. The number of rotatable bonds is 1. The Bertz CT molecular complexity index is 297. The van der Waals surface area contributed by atoms with Crippen molar-refractivity contribution in [1.82, 2.24) is 0 Å². The Kier molecular flexibility index (Phi) is 2.58. The fourth-order valence-corrected chi connectivity index (χ4v) is 1.39. The van der Waals surface area contributed by atoms with Crippen molar-refractivity contribution in [3.05, 3.63) is 28.5 Å². The molecule has 0 radical (unpaired) electrons. The van der Waals surface area contributed by atoms with Crippen molar-refractivity contribution in [2.24, 2.45) is 0 Å². The van der Waals surface area contributed by atoms with Crippen LogP contribution in [0.5, 0.6) is 0 Å². The average Bonchev–Trinajstić information content (AvgIpc) is 1.96. The van der Waals surface area contributed by atoms with E-state index >= 15 is 0 Å². The van der Waals surface area contributed by atoms with Gasteiger partial charge in [0, 0.05) is 5.02 Å². The molecule has 0 spiro atoms. The van der Waals surface area contributed by atoms with Crippen LogP contribution in [0.25, 0.3) is 0 Å². The van der Waals surface area contributed by atoms with E-state index in [-0.39, 0.29) is 11.6 Å². The van der Waals surface area contributed by atoms with Gasteiger partial charge in [0.05, 0.1) is 5.69 Å². The van der Waals surface area contributed by atoms with Gasteiger partial charge in [-0.15, -0.1) is 0 Å². The first-order valence-corrected chi connectivity index (χ1v) is 4.14.